The first-order chi connectivity index (χ1) is 4.04. The zero-order valence-corrected chi connectivity index (χ0v) is 6.06. The first-order valence-electron chi connectivity index (χ1n) is 2.03. The van der Waals surface area contributed by atoms with Gasteiger partial charge in [0.25, 0.3) is 0 Å². The third-order valence-corrected chi connectivity index (χ3v) is 0.783. The van der Waals surface area contributed by atoms with Gasteiger partial charge in [-0.3, -0.25) is 0 Å². The molecule has 0 heterocycles. The summed E-state index contributed by atoms with van der Waals surface area (Å²) in [6.07, 6.45) is -0.890. The molecule has 9 heavy (non-hydrogen) atoms. The zero-order valence-electron chi connectivity index (χ0n) is 4.35. The molecule has 0 aliphatic heterocycles. The number of aliphatic hydroxyl groups excluding tert-OH is 2. The highest BCUT2D eigenvalue weighted by Crippen LogP contribution is 1.96. The van der Waals surface area contributed by atoms with E-state index in [0.29, 0.717) is 0 Å². The van der Waals surface area contributed by atoms with Gasteiger partial charge in [-0.25, -0.2) is 0 Å². The Balaban J connectivity index is 4.00. The number of hydrogen-bond acceptors (Lipinski definition) is 4. The molecule has 0 aromatic rings. The van der Waals surface area contributed by atoms with Crippen LogP contribution in [0.25, 0.3) is 0 Å². The van der Waals surface area contributed by atoms with Crippen LogP contribution in [0.1, 0.15) is 0 Å². The second-order valence-corrected chi connectivity index (χ2v) is 2.51. The summed E-state index contributed by atoms with van der Waals surface area (Å²) in [7, 11) is 0. The maximum atomic E-state index is 8.52. The van der Waals surface area contributed by atoms with Crippen LogP contribution in [0.15, 0.2) is 11.8 Å². The fraction of sp³-hybridized carbons (Fsp3) is 0.250. The predicted octanol–water partition coefficient (Wildman–Crippen LogP) is -0.00380. The summed E-state index contributed by atoms with van der Waals surface area (Å²) in [6, 6.07) is 0. The Kier molecular flexibility index (Phi) is 3.79. The van der Waals surface area contributed by atoms with Crippen LogP contribution < -0.4 is 0 Å². The Bertz CT molecular complexity index is 141. The fourth-order valence-corrected chi connectivity index (χ4v) is 0.454. The van der Waals surface area contributed by atoms with E-state index in [-0.39, 0.29) is 4.20 Å². The van der Waals surface area contributed by atoms with E-state index < -0.39 is 12.0 Å². The van der Waals surface area contributed by atoms with E-state index in [1.807, 2.05) is 0 Å². The molecule has 3 nitrogen and oxygen atoms in total. The summed E-state index contributed by atoms with van der Waals surface area (Å²) in [4.78, 5) is 0. The average molecular weight is 166 g/mol. The standard InChI is InChI=1S/C4H6O3S2/c5-2(4(6)7)1-3(8)9/h1,4-7H,(H,8,9). The molecule has 0 aromatic heterocycles. The summed E-state index contributed by atoms with van der Waals surface area (Å²) in [5, 5.41) is 24.9. The van der Waals surface area contributed by atoms with Crippen molar-refractivity contribution in [1.29, 1.82) is 0 Å². The van der Waals surface area contributed by atoms with Crippen LogP contribution in [0.5, 0.6) is 0 Å². The molecule has 3 N–H and O–H groups in total. The molecule has 0 saturated carbocycles. The minimum atomic E-state index is -1.87. The van der Waals surface area contributed by atoms with Gasteiger partial charge < -0.3 is 15.3 Å². The average Bonchev–Trinajstić information content (AvgIpc) is 1.63. The van der Waals surface area contributed by atoms with Crippen molar-refractivity contribution in [1.82, 2.24) is 0 Å². The highest BCUT2D eigenvalue weighted by molar-refractivity contribution is 8.11. The van der Waals surface area contributed by atoms with Gasteiger partial charge in [-0.15, -0.1) is 12.6 Å². The topological polar surface area (TPSA) is 60.7 Å². The van der Waals surface area contributed by atoms with Gasteiger partial charge >= 0.3 is 0 Å². The van der Waals surface area contributed by atoms with Gasteiger partial charge in [0, 0.05) is 6.08 Å². The van der Waals surface area contributed by atoms with Crippen molar-refractivity contribution in [3.05, 3.63) is 11.8 Å². The zero-order chi connectivity index (χ0) is 7.44. The van der Waals surface area contributed by atoms with E-state index in [2.05, 4.69) is 24.8 Å². The van der Waals surface area contributed by atoms with Gasteiger partial charge in [0.1, 0.15) is 5.76 Å². The molecule has 0 unspecified atom stereocenters. The maximum absolute atomic E-state index is 8.52. The van der Waals surface area contributed by atoms with Crippen LogP contribution in [-0.2, 0) is 0 Å². The largest absolute Gasteiger partial charge is 0.507 e. The summed E-state index contributed by atoms with van der Waals surface area (Å²) in [6.45, 7) is 0. The molecular weight excluding hydrogens is 160 g/mol. The Morgan fingerprint density at radius 2 is 2.00 bits per heavy atom. The van der Waals surface area contributed by atoms with E-state index in [1.54, 1.807) is 0 Å². The molecule has 0 aliphatic carbocycles. The molecule has 0 saturated heterocycles. The van der Waals surface area contributed by atoms with E-state index in [1.165, 1.54) is 0 Å². The van der Waals surface area contributed by atoms with Gasteiger partial charge in [-0.2, -0.15) is 0 Å². The number of thiocarbonyl (C=S) groups is 1. The van der Waals surface area contributed by atoms with Crippen LogP contribution >= 0.6 is 24.8 Å². The first kappa shape index (κ1) is 8.90. The molecule has 0 spiro atoms. The Hall–Kier alpha value is -0.100. The van der Waals surface area contributed by atoms with Crippen molar-refractivity contribution in [3.63, 3.8) is 0 Å². The number of thiol groups is 1. The summed E-state index contributed by atoms with van der Waals surface area (Å²) in [5.74, 6) is -0.602. The Labute approximate surface area is 63.0 Å². The second kappa shape index (κ2) is 3.84. The van der Waals surface area contributed by atoms with E-state index in [9.17, 15) is 0 Å². The quantitative estimate of drug-likeness (QED) is 0.153. The Morgan fingerprint density at radius 1 is 1.56 bits per heavy atom. The van der Waals surface area contributed by atoms with E-state index in [4.69, 9.17) is 15.3 Å². The lowest BCUT2D eigenvalue weighted by atomic mass is 10.4. The molecule has 0 amide bonds. The minimum Gasteiger partial charge on any atom is -0.507 e. The fourth-order valence-electron chi connectivity index (χ4n) is 0.201. The normalized spacial score (nSPS) is 12.2. The third-order valence-electron chi connectivity index (χ3n) is 0.536. The number of aliphatic hydroxyl groups is 3. The molecule has 0 aliphatic rings. The van der Waals surface area contributed by atoms with Gasteiger partial charge in [-0.05, 0) is 0 Å². The number of rotatable bonds is 2. The van der Waals surface area contributed by atoms with E-state index >= 15 is 0 Å². The molecule has 5 heteroatoms. The van der Waals surface area contributed by atoms with Crippen LogP contribution in [0, 0.1) is 0 Å². The molecular formula is C4H6O3S2. The SMILES string of the molecule is OC(=CC(=S)S)C(O)O. The van der Waals surface area contributed by atoms with Gasteiger partial charge in [0.15, 0.2) is 0 Å². The van der Waals surface area contributed by atoms with Crippen molar-refractivity contribution in [2.75, 3.05) is 0 Å². The lowest BCUT2D eigenvalue weighted by Crippen LogP contribution is -2.08. The minimum absolute atomic E-state index is 0.0978. The smallest absolute Gasteiger partial charge is 0.211 e. The Morgan fingerprint density at radius 3 is 2.11 bits per heavy atom. The first-order valence-corrected chi connectivity index (χ1v) is 2.89. The molecule has 0 rings (SSSR count). The summed E-state index contributed by atoms with van der Waals surface area (Å²) in [5.41, 5.74) is 0. The van der Waals surface area contributed by atoms with E-state index in [0.717, 1.165) is 6.08 Å². The van der Waals surface area contributed by atoms with Gasteiger partial charge in [0.05, 0.1) is 4.20 Å². The molecule has 0 radical (unpaired) electrons. The molecule has 52 valence electrons. The van der Waals surface area contributed by atoms with Crippen LogP contribution in [0.4, 0.5) is 0 Å². The van der Waals surface area contributed by atoms with Crippen molar-refractivity contribution < 1.29 is 15.3 Å². The van der Waals surface area contributed by atoms with Crippen molar-refractivity contribution >= 4 is 29.0 Å². The van der Waals surface area contributed by atoms with Gasteiger partial charge in [-0.1, -0.05) is 12.2 Å². The molecule has 0 aromatic carbocycles. The highest BCUT2D eigenvalue weighted by atomic mass is 32.1. The second-order valence-electron chi connectivity index (χ2n) is 1.28. The lowest BCUT2D eigenvalue weighted by molar-refractivity contribution is -0.0367. The monoisotopic (exact) mass is 166 g/mol. The van der Waals surface area contributed by atoms with Crippen molar-refractivity contribution in [3.8, 4) is 0 Å². The molecule has 0 fully saturated rings. The van der Waals surface area contributed by atoms with Crippen molar-refractivity contribution in [2.24, 2.45) is 0 Å². The molecule has 0 bridgehead atoms. The highest BCUT2D eigenvalue weighted by Gasteiger charge is 2.01. The third kappa shape index (κ3) is 4.41. The van der Waals surface area contributed by atoms with Gasteiger partial charge in [0.2, 0.25) is 6.29 Å². The molecule has 0 atom stereocenters. The van der Waals surface area contributed by atoms with Crippen molar-refractivity contribution in [2.45, 2.75) is 6.29 Å². The summed E-state index contributed by atoms with van der Waals surface area (Å²) < 4.78 is 0.0978. The number of hydrogen-bond donors (Lipinski definition) is 4. The predicted molar refractivity (Wildman–Crippen MR) is 40.5 cm³/mol. The van der Waals surface area contributed by atoms with Crippen LogP contribution in [0.3, 0.4) is 0 Å². The summed E-state index contributed by atoms with van der Waals surface area (Å²) >= 11 is 8.00. The van der Waals surface area contributed by atoms with Crippen LogP contribution in [-0.4, -0.2) is 25.8 Å². The maximum Gasteiger partial charge on any atom is 0.211 e. The lowest BCUT2D eigenvalue weighted by Gasteiger charge is -1.98. The van der Waals surface area contributed by atoms with Crippen LogP contribution in [0.2, 0.25) is 0 Å².